The minimum absolute atomic E-state index is 0.101. The van der Waals surface area contributed by atoms with E-state index in [1.807, 2.05) is 0 Å². The number of fused-ring (bicyclic) bond motifs is 1. The minimum atomic E-state index is -3.47. The molecule has 0 aliphatic carbocycles. The number of ether oxygens (including phenoxy) is 1. The van der Waals surface area contributed by atoms with Gasteiger partial charge in [0, 0.05) is 22.8 Å². The van der Waals surface area contributed by atoms with Gasteiger partial charge in [0.15, 0.2) is 0 Å². The molecule has 6 nitrogen and oxygen atoms in total. The summed E-state index contributed by atoms with van der Waals surface area (Å²) in [4.78, 5) is 13.4. The monoisotopic (exact) mass is 436 g/mol. The van der Waals surface area contributed by atoms with Crippen LogP contribution in [0.3, 0.4) is 0 Å². The molecule has 1 heterocycles. The largest absolute Gasteiger partial charge is 0.380 e. The van der Waals surface area contributed by atoms with Gasteiger partial charge in [-0.3, -0.25) is 9.52 Å². The van der Waals surface area contributed by atoms with E-state index in [0.29, 0.717) is 31.8 Å². The molecule has 2 aromatic carbocycles. The third-order valence-electron chi connectivity index (χ3n) is 4.33. The van der Waals surface area contributed by atoms with Crippen molar-refractivity contribution in [2.24, 2.45) is 0 Å². The molecule has 1 amide bonds. The number of amides is 1. The molecule has 0 radical (unpaired) electrons. The average Bonchev–Trinajstić information content (AvgIpc) is 3.01. The predicted octanol–water partition coefficient (Wildman–Crippen LogP) is 4.05. The first kappa shape index (κ1) is 21.2. The van der Waals surface area contributed by atoms with Crippen molar-refractivity contribution >= 4 is 43.0 Å². The number of halogens is 1. The summed E-state index contributed by atoms with van der Waals surface area (Å²) in [5.74, 6) is -0.778. The van der Waals surface area contributed by atoms with Gasteiger partial charge in [-0.15, -0.1) is 11.3 Å². The predicted molar refractivity (Wildman–Crippen MR) is 113 cm³/mol. The smallest absolute Gasteiger partial charge is 0.262 e. The van der Waals surface area contributed by atoms with Crippen molar-refractivity contribution < 1.29 is 22.3 Å². The quantitative estimate of drug-likeness (QED) is 0.585. The molecule has 0 saturated heterocycles. The van der Waals surface area contributed by atoms with Gasteiger partial charge in [0.2, 0.25) is 10.0 Å². The molecule has 1 unspecified atom stereocenters. The van der Waals surface area contributed by atoms with Crippen LogP contribution in [0.4, 0.5) is 10.1 Å². The van der Waals surface area contributed by atoms with E-state index >= 15 is 0 Å². The summed E-state index contributed by atoms with van der Waals surface area (Å²) in [6, 6.07) is 11.1. The number of carbonyl (C=O) groups excluding carboxylic acids is 1. The van der Waals surface area contributed by atoms with E-state index in [-0.39, 0.29) is 12.5 Å². The summed E-state index contributed by atoms with van der Waals surface area (Å²) < 4.78 is 45.9. The zero-order valence-electron chi connectivity index (χ0n) is 16.2. The maximum Gasteiger partial charge on any atom is 0.262 e. The fourth-order valence-corrected chi connectivity index (χ4v) is 4.85. The highest BCUT2D eigenvalue weighted by atomic mass is 32.2. The number of sulfonamides is 1. The van der Waals surface area contributed by atoms with Gasteiger partial charge in [-0.05, 0) is 30.7 Å². The third-order valence-corrected chi connectivity index (χ3v) is 6.12. The van der Waals surface area contributed by atoms with Gasteiger partial charge in [-0.1, -0.05) is 24.3 Å². The van der Waals surface area contributed by atoms with Gasteiger partial charge in [0.25, 0.3) is 5.91 Å². The Hall–Kier alpha value is -2.49. The highest BCUT2D eigenvalue weighted by molar-refractivity contribution is 7.92. The van der Waals surface area contributed by atoms with Crippen LogP contribution in [0.15, 0.2) is 42.5 Å². The van der Waals surface area contributed by atoms with Crippen LogP contribution in [-0.4, -0.2) is 27.7 Å². The van der Waals surface area contributed by atoms with Crippen LogP contribution in [0.5, 0.6) is 0 Å². The maximum absolute atomic E-state index is 14.3. The van der Waals surface area contributed by atoms with Gasteiger partial charge in [0.05, 0.1) is 29.5 Å². The Labute approximate surface area is 172 Å². The van der Waals surface area contributed by atoms with Crippen LogP contribution in [0.1, 0.15) is 33.8 Å². The summed E-state index contributed by atoms with van der Waals surface area (Å²) in [5.41, 5.74) is 1.51. The van der Waals surface area contributed by atoms with E-state index in [1.165, 1.54) is 24.5 Å². The van der Waals surface area contributed by atoms with Crippen molar-refractivity contribution in [1.29, 1.82) is 0 Å². The summed E-state index contributed by atoms with van der Waals surface area (Å²) in [6.45, 7) is 1.86. The molecule has 2 N–H and O–H groups in total. The molecule has 0 spiro atoms. The number of methoxy groups -OCH3 is 1. The highest BCUT2D eigenvalue weighted by Gasteiger charge is 2.23. The Balaban J connectivity index is 1.94. The van der Waals surface area contributed by atoms with E-state index in [0.717, 1.165) is 6.26 Å². The Morgan fingerprint density at radius 3 is 2.62 bits per heavy atom. The standard InChI is InChI=1S/C20H21FN2O4S2/c1-12(13-7-4-5-9-16(13)23-29(3,25)26)22-20(24)19-14(11-27-2)18-15(21)8-6-10-17(18)28-19/h4-10,12,23H,11H2,1-3H3,(H,22,24). The van der Waals surface area contributed by atoms with E-state index < -0.39 is 21.9 Å². The molecular weight excluding hydrogens is 415 g/mol. The number of hydrogen-bond acceptors (Lipinski definition) is 5. The number of benzene rings is 2. The van der Waals surface area contributed by atoms with Crippen LogP contribution < -0.4 is 10.0 Å². The molecule has 9 heteroatoms. The number of thiophene rings is 1. The zero-order chi connectivity index (χ0) is 21.2. The molecule has 154 valence electrons. The number of rotatable bonds is 7. The molecule has 0 saturated carbocycles. The molecule has 0 aliphatic rings. The van der Waals surface area contributed by atoms with Crippen LogP contribution in [0, 0.1) is 5.82 Å². The number of anilines is 1. The normalized spacial score (nSPS) is 12.7. The Bertz CT molecular complexity index is 1160. The molecular formula is C20H21FN2O4S2. The zero-order valence-corrected chi connectivity index (χ0v) is 17.8. The summed E-state index contributed by atoms with van der Waals surface area (Å²) in [7, 11) is -1.98. The van der Waals surface area contributed by atoms with Crippen molar-refractivity contribution in [3.05, 3.63) is 64.3 Å². The first-order valence-electron chi connectivity index (χ1n) is 8.77. The lowest BCUT2D eigenvalue weighted by Crippen LogP contribution is -2.27. The lowest BCUT2D eigenvalue weighted by atomic mass is 10.1. The Morgan fingerprint density at radius 2 is 1.93 bits per heavy atom. The van der Waals surface area contributed by atoms with Crippen LogP contribution in [0.2, 0.25) is 0 Å². The maximum atomic E-state index is 14.3. The van der Waals surface area contributed by atoms with Crippen molar-refractivity contribution in [1.82, 2.24) is 5.32 Å². The van der Waals surface area contributed by atoms with Crippen molar-refractivity contribution in [3.8, 4) is 0 Å². The number of hydrogen-bond donors (Lipinski definition) is 2. The minimum Gasteiger partial charge on any atom is -0.380 e. The summed E-state index contributed by atoms with van der Waals surface area (Å²) in [5, 5.41) is 3.26. The molecule has 3 rings (SSSR count). The topological polar surface area (TPSA) is 84.5 Å². The highest BCUT2D eigenvalue weighted by Crippen LogP contribution is 2.34. The number of para-hydroxylation sites is 1. The fraction of sp³-hybridized carbons (Fsp3) is 0.250. The van der Waals surface area contributed by atoms with Gasteiger partial charge < -0.3 is 10.1 Å². The number of carbonyl (C=O) groups is 1. The van der Waals surface area contributed by atoms with E-state index in [1.54, 1.807) is 43.3 Å². The van der Waals surface area contributed by atoms with Crippen LogP contribution >= 0.6 is 11.3 Å². The molecule has 0 aliphatic heterocycles. The second-order valence-corrected chi connectivity index (χ2v) is 9.41. The SMILES string of the molecule is COCc1c(C(=O)NC(C)c2ccccc2NS(C)(=O)=O)sc2cccc(F)c12. The first-order chi connectivity index (χ1) is 13.7. The molecule has 1 atom stereocenters. The Morgan fingerprint density at radius 1 is 1.21 bits per heavy atom. The van der Waals surface area contributed by atoms with Crippen LogP contribution in [-0.2, 0) is 21.4 Å². The van der Waals surface area contributed by atoms with Crippen LogP contribution in [0.25, 0.3) is 10.1 Å². The summed E-state index contributed by atoms with van der Waals surface area (Å²) in [6.07, 6.45) is 1.07. The molecule has 1 aromatic heterocycles. The molecule has 3 aromatic rings. The van der Waals surface area contributed by atoms with E-state index in [9.17, 15) is 17.6 Å². The molecule has 0 fully saturated rings. The average molecular weight is 437 g/mol. The van der Waals surface area contributed by atoms with Gasteiger partial charge in [0.1, 0.15) is 5.82 Å². The third kappa shape index (κ3) is 4.75. The second kappa shape index (κ2) is 8.48. The lowest BCUT2D eigenvalue weighted by Gasteiger charge is -2.18. The van der Waals surface area contributed by atoms with E-state index in [4.69, 9.17) is 4.74 Å². The second-order valence-electron chi connectivity index (χ2n) is 6.61. The van der Waals surface area contributed by atoms with Gasteiger partial charge in [-0.2, -0.15) is 0 Å². The molecule has 29 heavy (non-hydrogen) atoms. The van der Waals surface area contributed by atoms with Gasteiger partial charge in [-0.25, -0.2) is 12.8 Å². The number of nitrogens with one attached hydrogen (secondary N) is 2. The fourth-order valence-electron chi connectivity index (χ4n) is 3.14. The first-order valence-corrected chi connectivity index (χ1v) is 11.5. The van der Waals surface area contributed by atoms with Gasteiger partial charge >= 0.3 is 0 Å². The summed E-state index contributed by atoms with van der Waals surface area (Å²) >= 11 is 1.19. The van der Waals surface area contributed by atoms with Crippen molar-refractivity contribution in [2.75, 3.05) is 18.1 Å². The van der Waals surface area contributed by atoms with E-state index in [2.05, 4.69) is 10.0 Å². The lowest BCUT2D eigenvalue weighted by molar-refractivity contribution is 0.0940. The van der Waals surface area contributed by atoms with Crippen molar-refractivity contribution in [3.63, 3.8) is 0 Å². The Kier molecular flexibility index (Phi) is 6.21. The van der Waals surface area contributed by atoms with Crippen molar-refractivity contribution in [2.45, 2.75) is 19.6 Å². The molecule has 0 bridgehead atoms.